The monoisotopic (exact) mass is 273 g/mol. The number of carbonyl (C=O) groups excluding carboxylic acids is 1. The summed E-state index contributed by atoms with van der Waals surface area (Å²) in [5, 5.41) is 0. The second-order valence-corrected chi connectivity index (χ2v) is 3.67. The third kappa shape index (κ3) is 2.13. The first-order valence-corrected chi connectivity index (χ1v) is 5.07. The van der Waals surface area contributed by atoms with Crippen LogP contribution >= 0.6 is 15.9 Å². The van der Waals surface area contributed by atoms with Crippen LogP contribution in [0.5, 0.6) is 11.5 Å². The number of carbonyl (C=O) groups is 1. The van der Waals surface area contributed by atoms with Gasteiger partial charge in [-0.15, -0.1) is 0 Å². The number of methoxy groups -OCH3 is 2. The van der Waals surface area contributed by atoms with Gasteiger partial charge in [-0.25, -0.2) is 0 Å². The molecule has 0 atom stereocenters. The molecule has 2 N–H and O–H groups in total. The molecule has 0 saturated carbocycles. The van der Waals surface area contributed by atoms with Crippen LogP contribution < -0.4 is 15.2 Å². The maximum atomic E-state index is 10.8. The number of halogens is 1. The normalized spacial score (nSPS) is 9.87. The van der Waals surface area contributed by atoms with Crippen LogP contribution in [0.1, 0.15) is 15.9 Å². The maximum absolute atomic E-state index is 10.8. The largest absolute Gasteiger partial charge is 0.492 e. The van der Waals surface area contributed by atoms with Crippen molar-refractivity contribution >= 4 is 22.2 Å². The fourth-order valence-corrected chi connectivity index (χ4v) is 1.96. The average Bonchev–Trinajstić information content (AvgIpc) is 2.27. The van der Waals surface area contributed by atoms with Gasteiger partial charge < -0.3 is 15.2 Å². The summed E-state index contributed by atoms with van der Waals surface area (Å²) >= 11 is 3.33. The van der Waals surface area contributed by atoms with Gasteiger partial charge >= 0.3 is 0 Å². The molecule has 82 valence electrons. The van der Waals surface area contributed by atoms with Crippen molar-refractivity contribution < 1.29 is 14.3 Å². The summed E-state index contributed by atoms with van der Waals surface area (Å²) in [7, 11) is 3.00. The van der Waals surface area contributed by atoms with Crippen LogP contribution in [0.3, 0.4) is 0 Å². The second-order valence-electron chi connectivity index (χ2n) is 2.81. The summed E-state index contributed by atoms with van der Waals surface area (Å²) in [5.41, 5.74) is 6.80. The minimum absolute atomic E-state index is 0.305. The highest BCUT2D eigenvalue weighted by Crippen LogP contribution is 2.38. The Morgan fingerprint density at radius 1 is 1.40 bits per heavy atom. The number of rotatable bonds is 4. The molecular weight excluding hydrogens is 262 g/mol. The van der Waals surface area contributed by atoms with Gasteiger partial charge in [0.25, 0.3) is 0 Å². The van der Waals surface area contributed by atoms with Gasteiger partial charge in [-0.1, -0.05) is 15.9 Å². The third-order valence-corrected chi connectivity index (χ3v) is 2.76. The zero-order valence-corrected chi connectivity index (χ0v) is 10.1. The molecule has 0 radical (unpaired) electrons. The standard InChI is InChI=1S/C10H12BrNO3/c1-14-9-6(5-13)3-8(11)7(4-12)10(9)15-2/h3,5H,4,12H2,1-2H3. The smallest absolute Gasteiger partial charge is 0.171 e. The van der Waals surface area contributed by atoms with Crippen LogP contribution in [0.4, 0.5) is 0 Å². The molecule has 1 aromatic carbocycles. The topological polar surface area (TPSA) is 61.5 Å². The number of nitrogens with two attached hydrogens (primary N) is 1. The summed E-state index contributed by atoms with van der Waals surface area (Å²) in [6, 6.07) is 1.66. The SMILES string of the molecule is COc1c(C=O)cc(Br)c(CN)c1OC. The van der Waals surface area contributed by atoms with E-state index in [-0.39, 0.29) is 0 Å². The molecule has 0 aliphatic rings. The Balaban J connectivity index is 3.51. The molecule has 0 saturated heterocycles. The van der Waals surface area contributed by atoms with E-state index in [1.807, 2.05) is 0 Å². The molecular formula is C10H12BrNO3. The van der Waals surface area contributed by atoms with Crippen molar-refractivity contribution in [3.05, 3.63) is 21.7 Å². The van der Waals surface area contributed by atoms with Crippen molar-refractivity contribution in [3.8, 4) is 11.5 Å². The van der Waals surface area contributed by atoms with E-state index in [0.717, 1.165) is 10.0 Å². The first-order chi connectivity index (χ1) is 7.19. The molecule has 1 aromatic rings. The van der Waals surface area contributed by atoms with Crippen LogP contribution in [0.25, 0.3) is 0 Å². The van der Waals surface area contributed by atoms with Gasteiger partial charge in [0, 0.05) is 16.6 Å². The highest BCUT2D eigenvalue weighted by Gasteiger charge is 2.17. The summed E-state index contributed by atoms with van der Waals surface area (Å²) in [6.07, 6.45) is 0.715. The zero-order chi connectivity index (χ0) is 11.4. The van der Waals surface area contributed by atoms with Crippen molar-refractivity contribution in [2.75, 3.05) is 14.2 Å². The van der Waals surface area contributed by atoms with Gasteiger partial charge in [0.1, 0.15) is 0 Å². The first-order valence-electron chi connectivity index (χ1n) is 4.28. The van der Waals surface area contributed by atoms with E-state index in [2.05, 4.69) is 15.9 Å². The van der Waals surface area contributed by atoms with Gasteiger partial charge in [0.05, 0.1) is 19.8 Å². The maximum Gasteiger partial charge on any atom is 0.171 e. The molecule has 0 spiro atoms. The van der Waals surface area contributed by atoms with E-state index in [9.17, 15) is 4.79 Å². The Kier molecular flexibility index (Phi) is 4.11. The van der Waals surface area contributed by atoms with E-state index in [4.69, 9.17) is 15.2 Å². The number of hydrogen-bond acceptors (Lipinski definition) is 4. The molecule has 0 aliphatic carbocycles. The lowest BCUT2D eigenvalue weighted by atomic mass is 10.1. The second kappa shape index (κ2) is 5.14. The fourth-order valence-electron chi connectivity index (χ4n) is 1.37. The molecule has 0 heterocycles. The number of hydrogen-bond donors (Lipinski definition) is 1. The van der Waals surface area contributed by atoms with Crippen LogP contribution in [-0.4, -0.2) is 20.5 Å². The minimum atomic E-state index is 0.305. The lowest BCUT2D eigenvalue weighted by Gasteiger charge is -2.14. The third-order valence-electron chi connectivity index (χ3n) is 2.05. The minimum Gasteiger partial charge on any atom is -0.492 e. The van der Waals surface area contributed by atoms with Crippen LogP contribution in [0.15, 0.2) is 10.5 Å². The predicted octanol–water partition coefficient (Wildman–Crippen LogP) is 1.74. The van der Waals surface area contributed by atoms with E-state index >= 15 is 0 Å². The van der Waals surface area contributed by atoms with Crippen LogP contribution in [-0.2, 0) is 6.54 Å². The fraction of sp³-hybridized carbons (Fsp3) is 0.300. The quantitative estimate of drug-likeness (QED) is 0.849. The summed E-state index contributed by atoms with van der Waals surface area (Å²) < 4.78 is 11.1. The Morgan fingerprint density at radius 3 is 2.40 bits per heavy atom. The molecule has 0 amide bonds. The molecule has 0 unspecified atom stereocenters. The Hall–Kier alpha value is -1.07. The van der Waals surface area contributed by atoms with E-state index < -0.39 is 0 Å². The molecule has 0 aliphatic heterocycles. The molecule has 0 aromatic heterocycles. The highest BCUT2D eigenvalue weighted by molar-refractivity contribution is 9.10. The number of benzene rings is 1. The molecule has 15 heavy (non-hydrogen) atoms. The van der Waals surface area contributed by atoms with Crippen LogP contribution in [0, 0.1) is 0 Å². The summed E-state index contributed by atoms with van der Waals surface area (Å²) in [5.74, 6) is 0.910. The summed E-state index contributed by atoms with van der Waals surface area (Å²) in [6.45, 7) is 0.305. The molecule has 0 fully saturated rings. The van der Waals surface area contributed by atoms with Gasteiger partial charge in [-0.05, 0) is 6.07 Å². The van der Waals surface area contributed by atoms with E-state index in [1.54, 1.807) is 6.07 Å². The van der Waals surface area contributed by atoms with Crippen molar-refractivity contribution in [1.29, 1.82) is 0 Å². The van der Waals surface area contributed by atoms with Gasteiger partial charge in [-0.2, -0.15) is 0 Å². The lowest BCUT2D eigenvalue weighted by Crippen LogP contribution is -2.05. The predicted molar refractivity (Wildman–Crippen MR) is 60.5 cm³/mol. The Labute approximate surface area is 96.5 Å². The molecule has 4 nitrogen and oxygen atoms in total. The molecule has 1 rings (SSSR count). The van der Waals surface area contributed by atoms with Crippen molar-refractivity contribution in [2.45, 2.75) is 6.54 Å². The summed E-state index contributed by atoms with van der Waals surface area (Å²) in [4.78, 5) is 10.8. The van der Waals surface area contributed by atoms with Crippen molar-refractivity contribution in [1.82, 2.24) is 0 Å². The van der Waals surface area contributed by atoms with E-state index in [1.165, 1.54) is 14.2 Å². The number of ether oxygens (including phenoxy) is 2. The lowest BCUT2D eigenvalue weighted by molar-refractivity contribution is 0.112. The Morgan fingerprint density at radius 2 is 2.00 bits per heavy atom. The number of aldehydes is 1. The molecule has 5 heteroatoms. The zero-order valence-electron chi connectivity index (χ0n) is 8.54. The van der Waals surface area contributed by atoms with Gasteiger partial charge in [0.15, 0.2) is 17.8 Å². The van der Waals surface area contributed by atoms with Gasteiger partial charge in [-0.3, -0.25) is 4.79 Å². The highest BCUT2D eigenvalue weighted by atomic mass is 79.9. The molecule has 0 bridgehead atoms. The van der Waals surface area contributed by atoms with Crippen LogP contribution in [0.2, 0.25) is 0 Å². The van der Waals surface area contributed by atoms with Gasteiger partial charge in [0.2, 0.25) is 0 Å². The van der Waals surface area contributed by atoms with Crippen molar-refractivity contribution in [2.24, 2.45) is 5.73 Å². The average molecular weight is 274 g/mol. The first kappa shape index (κ1) is 12.0. The Bertz CT molecular complexity index is 379. The van der Waals surface area contributed by atoms with Crippen molar-refractivity contribution in [3.63, 3.8) is 0 Å². The van der Waals surface area contributed by atoms with E-state index in [0.29, 0.717) is 29.9 Å².